The van der Waals surface area contributed by atoms with Gasteiger partial charge in [-0.25, -0.2) is 5.43 Å². The molecule has 1 aliphatic rings. The largest absolute Gasteiger partial charge is 0.275 e. The fourth-order valence-corrected chi connectivity index (χ4v) is 1.14. The molecule has 0 saturated heterocycles. The van der Waals surface area contributed by atoms with E-state index in [0.29, 0.717) is 10.7 Å². The second-order valence-corrected chi connectivity index (χ2v) is 2.54. The molecule has 0 saturated carbocycles. The molecule has 6 nitrogen and oxygen atoms in total. The second-order valence-electron chi connectivity index (χ2n) is 2.54. The SMILES string of the molecule is O=C1NN(O)N(O)c2ccccc21. The number of hydrogen-bond acceptors (Lipinski definition) is 5. The number of carbonyl (C=O) groups is 1. The summed E-state index contributed by atoms with van der Waals surface area (Å²) in [6, 6.07) is 6.37. The predicted molar refractivity (Wildman–Crippen MR) is 41.8 cm³/mol. The van der Waals surface area contributed by atoms with Gasteiger partial charge in [0.2, 0.25) is 0 Å². The van der Waals surface area contributed by atoms with E-state index in [9.17, 15) is 10.0 Å². The molecule has 68 valence electrons. The first-order valence-corrected chi connectivity index (χ1v) is 3.58. The van der Waals surface area contributed by atoms with Crippen LogP contribution in [0, 0.1) is 0 Å². The summed E-state index contributed by atoms with van der Waals surface area (Å²) in [5, 5.41) is 18.9. The zero-order valence-electron chi connectivity index (χ0n) is 6.51. The molecule has 0 spiro atoms. The molecule has 0 fully saturated rings. The fraction of sp³-hybridized carbons (Fsp3) is 0. The highest BCUT2D eigenvalue weighted by Crippen LogP contribution is 2.22. The summed E-state index contributed by atoms with van der Waals surface area (Å²) in [5.74, 6) is -0.469. The molecule has 0 radical (unpaired) electrons. The van der Waals surface area contributed by atoms with E-state index in [1.54, 1.807) is 18.2 Å². The van der Waals surface area contributed by atoms with Crippen molar-refractivity contribution in [2.75, 3.05) is 5.17 Å². The zero-order valence-corrected chi connectivity index (χ0v) is 6.51. The molecule has 3 N–H and O–H groups in total. The van der Waals surface area contributed by atoms with Crippen LogP contribution in [0.15, 0.2) is 24.3 Å². The van der Waals surface area contributed by atoms with E-state index < -0.39 is 5.91 Å². The molecule has 1 aliphatic heterocycles. The number of carbonyl (C=O) groups excluding carboxylic acids is 1. The van der Waals surface area contributed by atoms with Gasteiger partial charge < -0.3 is 0 Å². The summed E-state index contributed by atoms with van der Waals surface area (Å²) in [5.41, 5.74) is 2.54. The minimum absolute atomic E-state index is 0.213. The monoisotopic (exact) mass is 181 g/mol. The van der Waals surface area contributed by atoms with Crippen LogP contribution in [0.3, 0.4) is 0 Å². The average molecular weight is 181 g/mol. The molecular formula is C7H7N3O3. The van der Waals surface area contributed by atoms with Gasteiger partial charge in [0.05, 0.1) is 11.3 Å². The first kappa shape index (κ1) is 7.99. The number of amides is 1. The van der Waals surface area contributed by atoms with E-state index in [2.05, 4.69) is 0 Å². The number of hydrazine groups is 2. The highest BCUT2D eigenvalue weighted by molar-refractivity contribution is 6.00. The topological polar surface area (TPSA) is 76.0 Å². The summed E-state index contributed by atoms with van der Waals surface area (Å²) in [4.78, 5) is 11.2. The number of fused-ring (bicyclic) bond motifs is 1. The molecule has 13 heavy (non-hydrogen) atoms. The third kappa shape index (κ3) is 1.13. The standard InChI is InChI=1S/C7H7N3O3/c11-7-5-3-1-2-4-6(5)9(12)10(13)8-7/h1-4,12-13H,(H,8,11). The molecule has 0 aliphatic carbocycles. The van der Waals surface area contributed by atoms with Gasteiger partial charge in [-0.3, -0.25) is 15.2 Å². The molecule has 0 aromatic heterocycles. The van der Waals surface area contributed by atoms with Gasteiger partial charge >= 0.3 is 0 Å². The Morgan fingerprint density at radius 3 is 2.69 bits per heavy atom. The first-order chi connectivity index (χ1) is 6.20. The summed E-state index contributed by atoms with van der Waals surface area (Å²) in [7, 11) is 0. The minimum atomic E-state index is -0.469. The van der Waals surface area contributed by atoms with Crippen LogP contribution in [-0.4, -0.2) is 21.6 Å². The summed E-state index contributed by atoms with van der Waals surface area (Å²) in [6.45, 7) is 0. The van der Waals surface area contributed by atoms with Crippen molar-refractivity contribution in [1.82, 2.24) is 10.7 Å². The molecule has 6 heteroatoms. The highest BCUT2D eigenvalue weighted by atomic mass is 16.7. The molecule has 1 heterocycles. The maximum absolute atomic E-state index is 11.2. The van der Waals surface area contributed by atoms with Crippen LogP contribution in [0.5, 0.6) is 0 Å². The normalized spacial score (nSPS) is 16.8. The summed E-state index contributed by atoms with van der Waals surface area (Å²) < 4.78 is 0. The van der Waals surface area contributed by atoms with Crippen molar-refractivity contribution in [3.8, 4) is 0 Å². The summed E-state index contributed by atoms with van der Waals surface area (Å²) in [6.07, 6.45) is 0. The van der Waals surface area contributed by atoms with E-state index in [-0.39, 0.29) is 11.0 Å². The van der Waals surface area contributed by atoms with Gasteiger partial charge in [0.1, 0.15) is 0 Å². The fourth-order valence-electron chi connectivity index (χ4n) is 1.14. The van der Waals surface area contributed by atoms with Gasteiger partial charge in [-0.15, -0.1) is 5.17 Å². The van der Waals surface area contributed by atoms with Crippen molar-refractivity contribution in [3.05, 3.63) is 29.8 Å². The quantitative estimate of drug-likeness (QED) is 0.531. The van der Waals surface area contributed by atoms with Crippen LogP contribution >= 0.6 is 0 Å². The number of nitrogens with zero attached hydrogens (tertiary/aromatic N) is 2. The lowest BCUT2D eigenvalue weighted by Crippen LogP contribution is -2.54. The zero-order chi connectivity index (χ0) is 9.42. The summed E-state index contributed by atoms with van der Waals surface area (Å²) >= 11 is 0. The van der Waals surface area contributed by atoms with Gasteiger partial charge in [0, 0.05) is 5.28 Å². The van der Waals surface area contributed by atoms with Crippen molar-refractivity contribution in [1.29, 1.82) is 0 Å². The van der Waals surface area contributed by atoms with Crippen molar-refractivity contribution < 1.29 is 15.2 Å². The Hall–Kier alpha value is -1.63. The second kappa shape index (κ2) is 2.70. The van der Waals surface area contributed by atoms with Crippen molar-refractivity contribution in [3.63, 3.8) is 0 Å². The lowest BCUT2D eigenvalue weighted by molar-refractivity contribution is -0.193. The Labute approximate surface area is 73.5 Å². The molecule has 0 unspecified atom stereocenters. The molecule has 2 rings (SSSR count). The van der Waals surface area contributed by atoms with E-state index >= 15 is 0 Å². The van der Waals surface area contributed by atoms with Crippen molar-refractivity contribution in [2.24, 2.45) is 0 Å². The number of benzene rings is 1. The lowest BCUT2D eigenvalue weighted by atomic mass is 10.1. The molecule has 1 amide bonds. The Kier molecular flexibility index (Phi) is 1.66. The molecule has 1 aromatic carbocycles. The van der Waals surface area contributed by atoms with Crippen LogP contribution in [0.1, 0.15) is 10.4 Å². The van der Waals surface area contributed by atoms with Gasteiger partial charge in [-0.05, 0) is 12.1 Å². The van der Waals surface area contributed by atoms with Gasteiger partial charge in [-0.1, -0.05) is 12.1 Å². The highest BCUT2D eigenvalue weighted by Gasteiger charge is 2.26. The Bertz CT molecular complexity index is 355. The van der Waals surface area contributed by atoms with Crippen LogP contribution in [0.2, 0.25) is 0 Å². The van der Waals surface area contributed by atoms with Crippen LogP contribution < -0.4 is 10.6 Å². The van der Waals surface area contributed by atoms with Crippen LogP contribution in [-0.2, 0) is 0 Å². The third-order valence-corrected chi connectivity index (χ3v) is 1.75. The van der Waals surface area contributed by atoms with E-state index in [1.165, 1.54) is 6.07 Å². The van der Waals surface area contributed by atoms with Crippen LogP contribution in [0.25, 0.3) is 0 Å². The number of nitrogens with one attached hydrogen (secondary N) is 1. The number of anilines is 1. The third-order valence-electron chi connectivity index (χ3n) is 1.75. The Balaban J connectivity index is 2.53. The lowest BCUT2D eigenvalue weighted by Gasteiger charge is -2.30. The van der Waals surface area contributed by atoms with Gasteiger partial charge in [-0.2, -0.15) is 0 Å². The Morgan fingerprint density at radius 1 is 1.23 bits per heavy atom. The maximum atomic E-state index is 11.2. The van der Waals surface area contributed by atoms with Gasteiger partial charge in [0.15, 0.2) is 0 Å². The molecule has 1 aromatic rings. The van der Waals surface area contributed by atoms with Crippen molar-refractivity contribution in [2.45, 2.75) is 0 Å². The predicted octanol–water partition coefficient (Wildman–Crippen LogP) is 0.147. The number of rotatable bonds is 0. The van der Waals surface area contributed by atoms with Gasteiger partial charge in [0.25, 0.3) is 5.91 Å². The number of hydrogen-bond donors (Lipinski definition) is 3. The molecular weight excluding hydrogens is 174 g/mol. The smallest absolute Gasteiger partial charge is 0.271 e. The molecule has 0 bridgehead atoms. The average Bonchev–Trinajstić information content (AvgIpc) is 2.15. The first-order valence-electron chi connectivity index (χ1n) is 3.58. The number of para-hydroxylation sites is 1. The van der Waals surface area contributed by atoms with E-state index in [4.69, 9.17) is 5.21 Å². The maximum Gasteiger partial charge on any atom is 0.271 e. The Morgan fingerprint density at radius 2 is 1.92 bits per heavy atom. The van der Waals surface area contributed by atoms with E-state index in [0.717, 1.165) is 0 Å². The van der Waals surface area contributed by atoms with Crippen molar-refractivity contribution >= 4 is 11.6 Å². The molecule has 0 atom stereocenters. The van der Waals surface area contributed by atoms with Crippen LogP contribution in [0.4, 0.5) is 5.69 Å². The van der Waals surface area contributed by atoms with E-state index in [1.807, 2.05) is 5.43 Å². The minimum Gasteiger partial charge on any atom is -0.275 e.